The van der Waals surface area contributed by atoms with E-state index in [2.05, 4.69) is 20.8 Å². The zero-order valence-corrected chi connectivity index (χ0v) is 15.0. The zero-order chi connectivity index (χ0) is 16.5. The van der Waals surface area contributed by atoms with Gasteiger partial charge in [0.1, 0.15) is 0 Å². The lowest BCUT2D eigenvalue weighted by Crippen LogP contribution is -2.39. The van der Waals surface area contributed by atoms with Crippen LogP contribution in [-0.2, 0) is 21.2 Å². The van der Waals surface area contributed by atoms with Crippen molar-refractivity contribution in [1.29, 1.82) is 0 Å². The minimum absolute atomic E-state index is 0.00394. The molecule has 0 atom stereocenters. The fourth-order valence-electron chi connectivity index (χ4n) is 2.39. The Bertz CT molecular complexity index is 659. The van der Waals surface area contributed by atoms with Crippen molar-refractivity contribution in [2.24, 2.45) is 5.73 Å². The van der Waals surface area contributed by atoms with Crippen LogP contribution >= 0.6 is 12.2 Å². The molecule has 1 aliphatic carbocycles. The zero-order valence-electron chi connectivity index (χ0n) is 13.4. The Morgan fingerprint density at radius 1 is 1.36 bits per heavy atom. The van der Waals surface area contributed by atoms with Gasteiger partial charge in [0.05, 0.1) is 17.3 Å². The summed E-state index contributed by atoms with van der Waals surface area (Å²) in [4.78, 5) is 0.221. The van der Waals surface area contributed by atoms with Crippen LogP contribution in [0.5, 0.6) is 0 Å². The van der Waals surface area contributed by atoms with E-state index in [-0.39, 0.29) is 28.7 Å². The maximum absolute atomic E-state index is 12.7. The van der Waals surface area contributed by atoms with Gasteiger partial charge >= 0.3 is 0 Å². The third-order valence-electron chi connectivity index (χ3n) is 3.77. The number of rotatable bonds is 6. The van der Waals surface area contributed by atoms with E-state index in [4.69, 9.17) is 18.0 Å². The molecule has 1 aliphatic rings. The fourth-order valence-corrected chi connectivity index (χ4v) is 4.38. The molecule has 1 fully saturated rings. The van der Waals surface area contributed by atoms with Gasteiger partial charge in [0, 0.05) is 6.04 Å². The lowest BCUT2D eigenvalue weighted by atomic mass is 9.86. The quantitative estimate of drug-likeness (QED) is 0.809. The summed E-state index contributed by atoms with van der Waals surface area (Å²) in [7, 11) is -3.40. The van der Waals surface area contributed by atoms with Gasteiger partial charge in [-0.1, -0.05) is 57.3 Å². The number of benzene rings is 1. The highest BCUT2D eigenvalue weighted by Gasteiger charge is 2.37. The van der Waals surface area contributed by atoms with Crippen LogP contribution in [0.2, 0.25) is 0 Å². The summed E-state index contributed by atoms with van der Waals surface area (Å²) in [6.07, 6.45) is 1.79. The first-order valence-electron chi connectivity index (χ1n) is 7.47. The molecule has 6 heteroatoms. The van der Waals surface area contributed by atoms with Gasteiger partial charge in [-0.15, -0.1) is 0 Å². The molecule has 0 spiro atoms. The first kappa shape index (κ1) is 17.4. The van der Waals surface area contributed by atoms with Crippen molar-refractivity contribution in [2.75, 3.05) is 6.54 Å². The van der Waals surface area contributed by atoms with Gasteiger partial charge < -0.3 is 5.73 Å². The van der Waals surface area contributed by atoms with Crippen LogP contribution in [0.25, 0.3) is 0 Å². The van der Waals surface area contributed by atoms with Crippen molar-refractivity contribution >= 4 is 27.2 Å². The van der Waals surface area contributed by atoms with E-state index in [9.17, 15) is 8.42 Å². The Morgan fingerprint density at radius 3 is 2.50 bits per heavy atom. The number of hydrogen-bond acceptors (Lipinski definition) is 3. The largest absolute Gasteiger partial charge is 0.392 e. The molecule has 0 heterocycles. The first-order valence-corrected chi connectivity index (χ1v) is 9.48. The summed E-state index contributed by atoms with van der Waals surface area (Å²) in [5.41, 5.74) is 7.49. The molecule has 1 aromatic carbocycles. The number of nitrogens with two attached hydrogens (primary N) is 1. The second kappa shape index (κ2) is 6.26. The van der Waals surface area contributed by atoms with Gasteiger partial charge in [0.15, 0.2) is 0 Å². The molecule has 0 saturated heterocycles. The van der Waals surface area contributed by atoms with Crippen LogP contribution in [0.1, 0.15) is 44.7 Å². The van der Waals surface area contributed by atoms with E-state index >= 15 is 0 Å². The molecule has 0 aliphatic heterocycles. The smallest absolute Gasteiger partial charge is 0.218 e. The molecule has 0 unspecified atom stereocenters. The highest BCUT2D eigenvalue weighted by atomic mass is 32.2. The monoisotopic (exact) mass is 340 g/mol. The molecule has 2 rings (SSSR count). The summed E-state index contributed by atoms with van der Waals surface area (Å²) < 4.78 is 26.8. The van der Waals surface area contributed by atoms with Gasteiger partial charge in [-0.2, -0.15) is 4.31 Å². The molecule has 0 bridgehead atoms. The van der Waals surface area contributed by atoms with E-state index < -0.39 is 10.0 Å². The maximum atomic E-state index is 12.7. The van der Waals surface area contributed by atoms with E-state index in [0.29, 0.717) is 0 Å². The second-order valence-electron chi connectivity index (χ2n) is 6.95. The van der Waals surface area contributed by atoms with Crippen LogP contribution in [0, 0.1) is 0 Å². The standard InChI is InChI=1S/C16H24N2O2S2/c1-16(2,3)13-6-4-5-12(9-13)11-22(19,20)18(10-15(17)21)14-7-8-14/h4-6,9,14H,7-8,10-11H2,1-3H3,(H2,17,21). The van der Waals surface area contributed by atoms with Gasteiger partial charge in [-0.3, -0.25) is 0 Å². The first-order chi connectivity index (χ1) is 10.1. The third-order valence-corrected chi connectivity index (χ3v) is 5.73. The predicted molar refractivity (Wildman–Crippen MR) is 94.3 cm³/mol. The fraction of sp³-hybridized carbons (Fsp3) is 0.562. The summed E-state index contributed by atoms with van der Waals surface area (Å²) >= 11 is 4.89. The number of sulfonamides is 1. The minimum Gasteiger partial charge on any atom is -0.392 e. The number of nitrogens with zero attached hydrogens (tertiary/aromatic N) is 1. The lowest BCUT2D eigenvalue weighted by molar-refractivity contribution is 0.443. The molecular weight excluding hydrogens is 316 g/mol. The minimum atomic E-state index is -3.40. The van der Waals surface area contributed by atoms with Crippen molar-refractivity contribution in [3.05, 3.63) is 35.4 Å². The molecule has 0 aromatic heterocycles. The Morgan fingerprint density at radius 2 is 2.00 bits per heavy atom. The van der Waals surface area contributed by atoms with Crippen LogP contribution in [-0.4, -0.2) is 30.3 Å². The van der Waals surface area contributed by atoms with Crippen molar-refractivity contribution in [3.8, 4) is 0 Å². The summed E-state index contributed by atoms with van der Waals surface area (Å²) in [6.45, 7) is 6.49. The average molecular weight is 341 g/mol. The summed E-state index contributed by atoms with van der Waals surface area (Å²) in [6, 6.07) is 7.85. The molecule has 2 N–H and O–H groups in total. The number of thiocarbonyl (C=S) groups is 1. The van der Waals surface area contributed by atoms with E-state index in [1.165, 1.54) is 4.31 Å². The van der Waals surface area contributed by atoms with Crippen LogP contribution in [0.3, 0.4) is 0 Å². The molecule has 4 nitrogen and oxygen atoms in total. The van der Waals surface area contributed by atoms with Crippen molar-refractivity contribution < 1.29 is 8.42 Å². The Kier molecular flexibility index (Phi) is 4.94. The Labute approximate surface area is 138 Å². The molecular formula is C16H24N2O2S2. The summed E-state index contributed by atoms with van der Waals surface area (Å²) in [5, 5.41) is 0. The molecule has 0 radical (unpaired) electrons. The van der Waals surface area contributed by atoms with Crippen LogP contribution in [0.4, 0.5) is 0 Å². The van der Waals surface area contributed by atoms with Crippen molar-refractivity contribution in [2.45, 2.75) is 50.8 Å². The Hall–Kier alpha value is -0.980. The van der Waals surface area contributed by atoms with Gasteiger partial charge in [-0.25, -0.2) is 8.42 Å². The SMILES string of the molecule is CC(C)(C)c1cccc(CS(=O)(=O)N(CC(N)=S)C2CC2)c1. The third kappa shape index (κ3) is 4.51. The predicted octanol–water partition coefficient (Wildman–Crippen LogP) is 2.56. The summed E-state index contributed by atoms with van der Waals surface area (Å²) in [5.74, 6) is -0.00394. The molecule has 0 amide bonds. The molecule has 22 heavy (non-hydrogen) atoms. The van der Waals surface area contributed by atoms with Crippen molar-refractivity contribution in [1.82, 2.24) is 4.31 Å². The molecule has 1 saturated carbocycles. The molecule has 122 valence electrons. The number of hydrogen-bond donors (Lipinski definition) is 1. The van der Waals surface area contributed by atoms with Gasteiger partial charge in [0.2, 0.25) is 10.0 Å². The highest BCUT2D eigenvalue weighted by Crippen LogP contribution is 2.31. The van der Waals surface area contributed by atoms with Gasteiger partial charge in [-0.05, 0) is 29.4 Å². The highest BCUT2D eigenvalue weighted by molar-refractivity contribution is 7.88. The maximum Gasteiger partial charge on any atom is 0.218 e. The van der Waals surface area contributed by atoms with Gasteiger partial charge in [0.25, 0.3) is 0 Å². The Balaban J connectivity index is 2.22. The van der Waals surface area contributed by atoms with Crippen LogP contribution < -0.4 is 5.73 Å². The van der Waals surface area contributed by atoms with Crippen molar-refractivity contribution in [3.63, 3.8) is 0 Å². The van der Waals surface area contributed by atoms with Crippen LogP contribution in [0.15, 0.2) is 24.3 Å². The van der Waals surface area contributed by atoms with E-state index in [1.807, 2.05) is 24.3 Å². The molecule has 1 aromatic rings. The van der Waals surface area contributed by atoms with E-state index in [0.717, 1.165) is 24.0 Å². The lowest BCUT2D eigenvalue weighted by Gasteiger charge is -2.23. The topological polar surface area (TPSA) is 63.4 Å². The average Bonchev–Trinajstić information content (AvgIpc) is 3.18. The van der Waals surface area contributed by atoms with E-state index in [1.54, 1.807) is 0 Å². The second-order valence-corrected chi connectivity index (χ2v) is 9.40. The normalized spacial score (nSPS) is 16.0.